The number of aryl methyl sites for hydroxylation is 1. The third kappa shape index (κ3) is 3.31. The maximum Gasteiger partial charge on any atom is 0.322 e. The fraction of sp³-hybridized carbons (Fsp3) is 0.250. The zero-order valence-electron chi connectivity index (χ0n) is 14.6. The van der Waals surface area contributed by atoms with E-state index in [0.717, 1.165) is 29.7 Å². The van der Waals surface area contributed by atoms with Crippen LogP contribution in [-0.4, -0.2) is 27.6 Å². The Labute approximate surface area is 151 Å². The molecule has 6 heteroatoms. The van der Waals surface area contributed by atoms with Crippen molar-refractivity contribution in [3.63, 3.8) is 0 Å². The molecule has 2 aromatic carbocycles. The largest absolute Gasteiger partial charge is 0.337 e. The molecule has 0 aliphatic carbocycles. The zero-order chi connectivity index (χ0) is 17.9. The summed E-state index contributed by atoms with van der Waals surface area (Å²) in [5.74, 6) is 1.03. The van der Waals surface area contributed by atoms with Crippen molar-refractivity contribution >= 4 is 11.7 Å². The summed E-state index contributed by atoms with van der Waals surface area (Å²) in [5.41, 5.74) is 2.83. The van der Waals surface area contributed by atoms with Crippen LogP contribution in [0, 0.1) is 6.92 Å². The van der Waals surface area contributed by atoms with Crippen molar-refractivity contribution < 1.29 is 9.32 Å². The zero-order valence-corrected chi connectivity index (χ0v) is 14.6. The lowest BCUT2D eigenvalue weighted by Crippen LogP contribution is -2.34. The number of hydrogen-bond donors (Lipinski definition) is 1. The van der Waals surface area contributed by atoms with E-state index in [1.807, 2.05) is 61.5 Å². The Balaban J connectivity index is 1.50. The van der Waals surface area contributed by atoms with Gasteiger partial charge in [-0.25, -0.2) is 4.79 Å². The van der Waals surface area contributed by atoms with Crippen molar-refractivity contribution in [1.29, 1.82) is 0 Å². The molecule has 6 nitrogen and oxygen atoms in total. The number of likely N-dealkylation sites (tertiary alicyclic amines) is 1. The molecule has 2 heterocycles. The van der Waals surface area contributed by atoms with E-state index < -0.39 is 0 Å². The normalized spacial score (nSPS) is 16.7. The van der Waals surface area contributed by atoms with Crippen LogP contribution in [0.5, 0.6) is 0 Å². The highest BCUT2D eigenvalue weighted by molar-refractivity contribution is 5.89. The lowest BCUT2D eigenvalue weighted by atomic mass is 10.2. The first-order valence-electron chi connectivity index (χ1n) is 8.74. The van der Waals surface area contributed by atoms with Gasteiger partial charge in [-0.15, -0.1) is 0 Å². The van der Waals surface area contributed by atoms with Gasteiger partial charge in [-0.1, -0.05) is 53.2 Å². The summed E-state index contributed by atoms with van der Waals surface area (Å²) < 4.78 is 5.47. The third-order valence-corrected chi connectivity index (χ3v) is 4.58. The standard InChI is InChI=1S/C20H20N4O2/c1-14-9-11-16(12-10-14)21-20(25)24-13-5-8-17(24)19-22-18(23-26-19)15-6-3-2-4-7-15/h2-4,6-7,9-12,17H,5,8,13H2,1H3,(H,21,25). The third-order valence-electron chi connectivity index (χ3n) is 4.58. The number of carbonyl (C=O) groups is 1. The molecule has 1 N–H and O–H groups in total. The maximum absolute atomic E-state index is 12.7. The molecule has 1 aliphatic rings. The number of urea groups is 1. The van der Waals surface area contributed by atoms with Crippen LogP contribution in [0.25, 0.3) is 11.4 Å². The summed E-state index contributed by atoms with van der Waals surface area (Å²) in [5, 5.41) is 7.02. The highest BCUT2D eigenvalue weighted by atomic mass is 16.5. The molecule has 0 spiro atoms. The first-order chi connectivity index (χ1) is 12.7. The quantitative estimate of drug-likeness (QED) is 0.761. The van der Waals surface area contributed by atoms with Gasteiger partial charge in [-0.3, -0.25) is 0 Å². The molecule has 1 atom stereocenters. The first-order valence-corrected chi connectivity index (χ1v) is 8.74. The molecule has 1 aliphatic heterocycles. The van der Waals surface area contributed by atoms with Gasteiger partial charge in [0.2, 0.25) is 11.7 Å². The first kappa shape index (κ1) is 16.3. The number of carbonyl (C=O) groups excluding carboxylic acids is 1. The summed E-state index contributed by atoms with van der Waals surface area (Å²) in [6.45, 7) is 2.69. The van der Waals surface area contributed by atoms with Gasteiger partial charge in [-0.05, 0) is 31.9 Å². The van der Waals surface area contributed by atoms with Crippen molar-refractivity contribution in [2.24, 2.45) is 0 Å². The van der Waals surface area contributed by atoms with Gasteiger partial charge in [0.15, 0.2) is 0 Å². The number of hydrogen-bond acceptors (Lipinski definition) is 4. The fourth-order valence-electron chi connectivity index (χ4n) is 3.17. The van der Waals surface area contributed by atoms with Crippen molar-refractivity contribution in [2.45, 2.75) is 25.8 Å². The van der Waals surface area contributed by atoms with Crippen LogP contribution in [0.15, 0.2) is 59.1 Å². The van der Waals surface area contributed by atoms with Crippen LogP contribution in [0.4, 0.5) is 10.5 Å². The number of benzene rings is 2. The van der Waals surface area contributed by atoms with E-state index in [1.54, 1.807) is 4.90 Å². The number of rotatable bonds is 3. The van der Waals surface area contributed by atoms with Gasteiger partial charge in [0.1, 0.15) is 6.04 Å². The molecule has 4 rings (SSSR count). The lowest BCUT2D eigenvalue weighted by molar-refractivity contribution is 0.193. The number of amides is 2. The van der Waals surface area contributed by atoms with Gasteiger partial charge < -0.3 is 14.7 Å². The predicted molar refractivity (Wildman–Crippen MR) is 98.6 cm³/mol. The van der Waals surface area contributed by atoms with Gasteiger partial charge >= 0.3 is 6.03 Å². The number of aromatic nitrogens is 2. The number of anilines is 1. The second-order valence-electron chi connectivity index (χ2n) is 6.47. The van der Waals surface area contributed by atoms with Gasteiger partial charge in [0, 0.05) is 17.8 Å². The molecule has 1 saturated heterocycles. The number of nitrogens with one attached hydrogen (secondary N) is 1. The van der Waals surface area contributed by atoms with Crippen LogP contribution in [-0.2, 0) is 0 Å². The smallest absolute Gasteiger partial charge is 0.322 e. The van der Waals surface area contributed by atoms with E-state index in [1.165, 1.54) is 0 Å². The van der Waals surface area contributed by atoms with Gasteiger partial charge in [0.25, 0.3) is 0 Å². The average molecular weight is 348 g/mol. The summed E-state index contributed by atoms with van der Waals surface area (Å²) in [6, 6.07) is 17.1. The Morgan fingerprint density at radius 2 is 1.92 bits per heavy atom. The topological polar surface area (TPSA) is 71.3 Å². The van der Waals surface area contributed by atoms with Crippen LogP contribution in [0.3, 0.4) is 0 Å². The minimum Gasteiger partial charge on any atom is -0.337 e. The van der Waals surface area contributed by atoms with Crippen LogP contribution in [0.1, 0.15) is 30.3 Å². The van der Waals surface area contributed by atoms with Gasteiger partial charge in [-0.2, -0.15) is 4.98 Å². The monoisotopic (exact) mass is 348 g/mol. The fourth-order valence-corrected chi connectivity index (χ4v) is 3.17. The minimum absolute atomic E-state index is 0.143. The minimum atomic E-state index is -0.189. The molecule has 1 aromatic heterocycles. The molecular formula is C20H20N4O2. The van der Waals surface area contributed by atoms with Crippen LogP contribution < -0.4 is 5.32 Å². The van der Waals surface area contributed by atoms with E-state index in [4.69, 9.17) is 4.52 Å². The Morgan fingerprint density at radius 1 is 1.15 bits per heavy atom. The molecular weight excluding hydrogens is 328 g/mol. The summed E-state index contributed by atoms with van der Waals surface area (Å²) in [6.07, 6.45) is 1.73. The average Bonchev–Trinajstić information content (AvgIpc) is 3.33. The molecule has 132 valence electrons. The van der Waals surface area contributed by atoms with E-state index in [0.29, 0.717) is 18.3 Å². The summed E-state index contributed by atoms with van der Waals surface area (Å²) in [7, 11) is 0. The van der Waals surface area contributed by atoms with E-state index >= 15 is 0 Å². The Kier molecular flexibility index (Phi) is 4.39. The van der Waals surface area contributed by atoms with Crippen LogP contribution >= 0.6 is 0 Å². The molecule has 2 amide bonds. The predicted octanol–water partition coefficient (Wildman–Crippen LogP) is 4.41. The van der Waals surface area contributed by atoms with E-state index in [2.05, 4.69) is 15.5 Å². The molecule has 1 fully saturated rings. The Bertz CT molecular complexity index is 890. The SMILES string of the molecule is Cc1ccc(NC(=O)N2CCCC2c2nc(-c3ccccc3)no2)cc1. The Hall–Kier alpha value is -3.15. The highest BCUT2D eigenvalue weighted by Gasteiger charge is 2.34. The molecule has 0 saturated carbocycles. The van der Waals surface area contributed by atoms with Crippen molar-refractivity contribution in [3.8, 4) is 11.4 Å². The molecule has 0 radical (unpaired) electrons. The van der Waals surface area contributed by atoms with E-state index in [9.17, 15) is 4.79 Å². The van der Waals surface area contributed by atoms with Crippen molar-refractivity contribution in [1.82, 2.24) is 15.0 Å². The van der Waals surface area contributed by atoms with Gasteiger partial charge in [0.05, 0.1) is 0 Å². The molecule has 3 aromatic rings. The molecule has 26 heavy (non-hydrogen) atoms. The second-order valence-corrected chi connectivity index (χ2v) is 6.47. The molecule has 0 bridgehead atoms. The summed E-state index contributed by atoms with van der Waals surface area (Å²) in [4.78, 5) is 19.0. The maximum atomic E-state index is 12.7. The van der Waals surface area contributed by atoms with Crippen molar-refractivity contribution in [3.05, 3.63) is 66.1 Å². The second kappa shape index (κ2) is 7.00. The summed E-state index contributed by atoms with van der Waals surface area (Å²) >= 11 is 0. The van der Waals surface area contributed by atoms with E-state index in [-0.39, 0.29) is 12.1 Å². The number of nitrogens with zero attached hydrogens (tertiary/aromatic N) is 3. The van der Waals surface area contributed by atoms with Crippen LogP contribution in [0.2, 0.25) is 0 Å². The molecule has 1 unspecified atom stereocenters. The highest BCUT2D eigenvalue weighted by Crippen LogP contribution is 2.32. The Morgan fingerprint density at radius 3 is 2.69 bits per heavy atom. The van der Waals surface area contributed by atoms with Crippen molar-refractivity contribution in [2.75, 3.05) is 11.9 Å². The lowest BCUT2D eigenvalue weighted by Gasteiger charge is -2.22.